The molecule has 3 saturated heterocycles. The molecule has 0 spiro atoms. The Kier molecular flexibility index (Phi) is 3.86. The highest BCUT2D eigenvalue weighted by atomic mass is 16.2. The minimum absolute atomic E-state index is 0.101. The van der Waals surface area contributed by atoms with E-state index in [4.69, 9.17) is 0 Å². The molecule has 0 aromatic carbocycles. The molecular weight excluding hydrogens is 308 g/mol. The monoisotopic (exact) mass is 330 g/mol. The maximum atomic E-state index is 12.8. The zero-order chi connectivity index (χ0) is 16.7. The largest absolute Gasteiger partial charge is 0.337 e. The molecule has 3 aliphatic heterocycles. The van der Waals surface area contributed by atoms with Crippen molar-refractivity contribution in [1.29, 1.82) is 0 Å². The molecule has 0 radical (unpaired) electrons. The van der Waals surface area contributed by atoms with Crippen LogP contribution in [-0.2, 0) is 4.79 Å². The van der Waals surface area contributed by atoms with E-state index in [1.165, 1.54) is 25.5 Å². The van der Waals surface area contributed by atoms with Gasteiger partial charge in [0.05, 0.1) is 12.1 Å². The molecule has 1 N–H and O–H groups in total. The van der Waals surface area contributed by atoms with Gasteiger partial charge in [0.2, 0.25) is 5.91 Å². The molecule has 1 aromatic rings. The highest BCUT2D eigenvalue weighted by molar-refractivity contribution is 5.93. The minimum Gasteiger partial charge on any atom is -0.337 e. The fourth-order valence-electron chi connectivity index (χ4n) is 4.02. The number of aromatic nitrogens is 2. The molecule has 0 unspecified atom stereocenters. The number of carbonyl (C=O) groups is 2. The van der Waals surface area contributed by atoms with E-state index in [1.54, 1.807) is 4.90 Å². The molecule has 7 heteroatoms. The Morgan fingerprint density at radius 3 is 2.71 bits per heavy atom. The summed E-state index contributed by atoms with van der Waals surface area (Å²) < 4.78 is 0. The standard InChI is InChI=1S/C17H22N4O3/c22-15-7-18-14(6-19-15)17(24)20-9-12-4-5-13(10-20)21(16(12)23)8-11-2-1-3-11/h6-7,11-13H,1-5,8-10H2,(H,19,22)/t12-,13+/m0/s1. The number of hydrogen-bond donors (Lipinski definition) is 1. The Morgan fingerprint density at radius 1 is 1.21 bits per heavy atom. The van der Waals surface area contributed by atoms with Gasteiger partial charge in [-0.05, 0) is 31.6 Å². The van der Waals surface area contributed by atoms with Crippen LogP contribution in [-0.4, -0.2) is 57.3 Å². The normalized spacial score (nSPS) is 27.1. The summed E-state index contributed by atoms with van der Waals surface area (Å²) in [5.41, 5.74) is -0.0989. The quantitative estimate of drug-likeness (QED) is 0.881. The molecular formula is C17H22N4O3. The van der Waals surface area contributed by atoms with Crippen molar-refractivity contribution in [3.8, 4) is 0 Å². The number of amides is 2. The first-order valence-electron chi connectivity index (χ1n) is 8.76. The van der Waals surface area contributed by atoms with Crippen LogP contribution in [0.15, 0.2) is 17.2 Å². The number of piperidine rings is 1. The molecule has 4 fully saturated rings. The van der Waals surface area contributed by atoms with Gasteiger partial charge in [-0.3, -0.25) is 14.4 Å². The van der Waals surface area contributed by atoms with Gasteiger partial charge < -0.3 is 14.8 Å². The fourth-order valence-corrected chi connectivity index (χ4v) is 4.02. The van der Waals surface area contributed by atoms with Crippen LogP contribution in [0.3, 0.4) is 0 Å². The highest BCUT2D eigenvalue weighted by Crippen LogP contribution is 2.34. The minimum atomic E-state index is -0.329. The van der Waals surface area contributed by atoms with Gasteiger partial charge >= 0.3 is 0 Å². The van der Waals surface area contributed by atoms with Crippen molar-refractivity contribution in [1.82, 2.24) is 19.8 Å². The lowest BCUT2D eigenvalue weighted by Crippen LogP contribution is -2.50. The van der Waals surface area contributed by atoms with Crippen molar-refractivity contribution in [2.45, 2.75) is 38.1 Å². The number of hydrogen-bond acceptors (Lipinski definition) is 4. The van der Waals surface area contributed by atoms with E-state index in [-0.39, 0.29) is 35.0 Å². The molecule has 2 atom stereocenters. The number of nitrogens with zero attached hydrogens (tertiary/aromatic N) is 3. The molecule has 1 saturated carbocycles. The van der Waals surface area contributed by atoms with Gasteiger partial charge in [-0.15, -0.1) is 0 Å². The van der Waals surface area contributed by atoms with Crippen LogP contribution in [0.25, 0.3) is 0 Å². The molecule has 5 rings (SSSR count). The summed E-state index contributed by atoms with van der Waals surface area (Å²) in [4.78, 5) is 46.8. The number of fused-ring (bicyclic) bond motifs is 4. The van der Waals surface area contributed by atoms with Gasteiger partial charge in [-0.2, -0.15) is 0 Å². The Balaban J connectivity index is 1.52. The van der Waals surface area contributed by atoms with Crippen molar-refractivity contribution in [2.24, 2.45) is 11.8 Å². The SMILES string of the molecule is O=C(c1c[nH]c(=O)cn1)N1C[C@@H]2CC[C@H](C1)N(CC1CCC1)C2=O. The zero-order valence-corrected chi connectivity index (χ0v) is 13.6. The third kappa shape index (κ3) is 2.72. The summed E-state index contributed by atoms with van der Waals surface area (Å²) in [6.45, 7) is 1.86. The van der Waals surface area contributed by atoms with Crippen LogP contribution in [0.5, 0.6) is 0 Å². The lowest BCUT2D eigenvalue weighted by molar-refractivity contribution is -0.141. The van der Waals surface area contributed by atoms with Crippen LogP contribution in [0.1, 0.15) is 42.6 Å². The number of carbonyl (C=O) groups excluding carboxylic acids is 2. The second-order valence-corrected chi connectivity index (χ2v) is 7.22. The van der Waals surface area contributed by atoms with E-state index >= 15 is 0 Å². The van der Waals surface area contributed by atoms with Crippen LogP contribution >= 0.6 is 0 Å². The van der Waals surface area contributed by atoms with E-state index in [0.29, 0.717) is 19.0 Å². The summed E-state index contributed by atoms with van der Waals surface area (Å²) in [5.74, 6) is 0.540. The molecule has 4 heterocycles. The van der Waals surface area contributed by atoms with Crippen molar-refractivity contribution in [3.63, 3.8) is 0 Å². The van der Waals surface area contributed by atoms with Crippen molar-refractivity contribution in [3.05, 3.63) is 28.4 Å². The summed E-state index contributed by atoms with van der Waals surface area (Å²) >= 11 is 0. The summed E-state index contributed by atoms with van der Waals surface area (Å²) in [6.07, 6.45) is 7.98. The summed E-state index contributed by atoms with van der Waals surface area (Å²) in [6, 6.07) is 0.114. The maximum absolute atomic E-state index is 12.8. The van der Waals surface area contributed by atoms with Crippen molar-refractivity contribution >= 4 is 11.8 Å². The third-order valence-electron chi connectivity index (χ3n) is 5.65. The smallest absolute Gasteiger partial charge is 0.274 e. The molecule has 2 bridgehead atoms. The second kappa shape index (κ2) is 6.03. The average Bonchev–Trinajstić information content (AvgIpc) is 2.83. The second-order valence-electron chi connectivity index (χ2n) is 7.22. The predicted octanol–water partition coefficient (Wildman–Crippen LogP) is 0.633. The number of aromatic amines is 1. The highest BCUT2D eigenvalue weighted by Gasteiger charge is 2.43. The van der Waals surface area contributed by atoms with Gasteiger partial charge in [-0.1, -0.05) is 6.42 Å². The first-order valence-corrected chi connectivity index (χ1v) is 8.76. The summed E-state index contributed by atoms with van der Waals surface area (Å²) in [5, 5.41) is 0. The molecule has 7 nitrogen and oxygen atoms in total. The number of rotatable bonds is 3. The van der Waals surface area contributed by atoms with Crippen LogP contribution in [0.4, 0.5) is 0 Å². The molecule has 1 aliphatic carbocycles. The molecule has 1 aromatic heterocycles. The Bertz CT molecular complexity index is 692. The molecule has 2 amide bonds. The van der Waals surface area contributed by atoms with Crippen molar-refractivity contribution < 1.29 is 9.59 Å². The number of H-pyrrole nitrogens is 1. The first-order chi connectivity index (χ1) is 11.6. The van der Waals surface area contributed by atoms with E-state index in [2.05, 4.69) is 9.97 Å². The Morgan fingerprint density at radius 2 is 2.04 bits per heavy atom. The van der Waals surface area contributed by atoms with E-state index in [9.17, 15) is 14.4 Å². The maximum Gasteiger partial charge on any atom is 0.274 e. The van der Waals surface area contributed by atoms with Crippen LogP contribution in [0.2, 0.25) is 0 Å². The van der Waals surface area contributed by atoms with E-state index in [1.807, 2.05) is 4.90 Å². The van der Waals surface area contributed by atoms with Gasteiger partial charge in [-0.25, -0.2) is 4.98 Å². The lowest BCUT2D eigenvalue weighted by atomic mass is 9.83. The van der Waals surface area contributed by atoms with Gasteiger partial charge in [0.1, 0.15) is 5.69 Å². The Hall–Kier alpha value is -2.18. The molecule has 4 aliphatic rings. The topological polar surface area (TPSA) is 86.4 Å². The average molecular weight is 330 g/mol. The van der Waals surface area contributed by atoms with Gasteiger partial charge in [0.25, 0.3) is 11.5 Å². The Labute approximate surface area is 140 Å². The third-order valence-corrected chi connectivity index (χ3v) is 5.65. The van der Waals surface area contributed by atoms with E-state index in [0.717, 1.165) is 25.6 Å². The van der Waals surface area contributed by atoms with E-state index < -0.39 is 0 Å². The zero-order valence-electron chi connectivity index (χ0n) is 13.6. The molecule has 24 heavy (non-hydrogen) atoms. The number of nitrogens with one attached hydrogen (secondary N) is 1. The van der Waals surface area contributed by atoms with Gasteiger partial charge in [0, 0.05) is 31.9 Å². The van der Waals surface area contributed by atoms with Crippen molar-refractivity contribution in [2.75, 3.05) is 19.6 Å². The fraction of sp³-hybridized carbons (Fsp3) is 0.647. The predicted molar refractivity (Wildman–Crippen MR) is 86.3 cm³/mol. The molecule has 128 valence electrons. The summed E-state index contributed by atoms with van der Waals surface area (Å²) in [7, 11) is 0. The van der Waals surface area contributed by atoms with Crippen LogP contribution in [0, 0.1) is 11.8 Å². The van der Waals surface area contributed by atoms with Gasteiger partial charge in [0.15, 0.2) is 0 Å². The van der Waals surface area contributed by atoms with Crippen LogP contribution < -0.4 is 5.56 Å². The first kappa shape index (κ1) is 15.4. The lowest BCUT2D eigenvalue weighted by Gasteiger charge is -2.40.